The lowest BCUT2D eigenvalue weighted by molar-refractivity contribution is -0.117. The number of nitrogens with zero attached hydrogens (tertiary/aromatic N) is 2. The number of fused-ring (bicyclic) bond motifs is 1. The maximum atomic E-state index is 11.6. The lowest BCUT2D eigenvalue weighted by Crippen LogP contribution is -2.24. The van der Waals surface area contributed by atoms with Crippen LogP contribution >= 0.6 is 22.9 Å². The highest BCUT2D eigenvalue weighted by Gasteiger charge is 2.31. The Balaban J connectivity index is 2.03. The van der Waals surface area contributed by atoms with Crippen molar-refractivity contribution >= 4 is 44.2 Å². The van der Waals surface area contributed by atoms with Crippen LogP contribution in [-0.2, 0) is 4.79 Å². The van der Waals surface area contributed by atoms with Gasteiger partial charge in [-0.05, 0) is 18.2 Å². The molecule has 0 saturated carbocycles. The van der Waals surface area contributed by atoms with Crippen molar-refractivity contribution in [3.63, 3.8) is 0 Å². The molecule has 1 aromatic heterocycles. The third-order valence-corrected chi connectivity index (χ3v) is 3.97. The fourth-order valence-electron chi connectivity index (χ4n) is 1.88. The molecule has 2 heterocycles. The molecule has 1 aliphatic rings. The van der Waals surface area contributed by atoms with Gasteiger partial charge in [0.15, 0.2) is 5.13 Å². The van der Waals surface area contributed by atoms with Crippen molar-refractivity contribution in [1.82, 2.24) is 4.98 Å². The summed E-state index contributed by atoms with van der Waals surface area (Å²) in [5, 5.41) is 10.7. The van der Waals surface area contributed by atoms with Crippen LogP contribution in [0.4, 0.5) is 5.13 Å². The first-order chi connectivity index (χ1) is 8.13. The predicted octanol–water partition coefficient (Wildman–Crippen LogP) is 2.05. The third-order valence-electron chi connectivity index (χ3n) is 2.67. The Labute approximate surface area is 106 Å². The molecule has 2 aromatic rings. The van der Waals surface area contributed by atoms with Gasteiger partial charge in [-0.1, -0.05) is 22.9 Å². The van der Waals surface area contributed by atoms with Crippen LogP contribution in [0.3, 0.4) is 0 Å². The summed E-state index contributed by atoms with van der Waals surface area (Å²) in [6, 6.07) is 5.45. The van der Waals surface area contributed by atoms with E-state index < -0.39 is 6.10 Å². The zero-order valence-corrected chi connectivity index (χ0v) is 10.3. The van der Waals surface area contributed by atoms with Crippen molar-refractivity contribution in [3.8, 4) is 0 Å². The standard InChI is InChI=1S/C11H9ClN2O2S/c12-6-1-2-9-8(3-6)13-11(17-9)14-5-7(15)4-10(14)16/h1-3,7,15H,4-5H2. The second-order valence-electron chi connectivity index (χ2n) is 3.97. The van der Waals surface area contributed by atoms with Crippen molar-refractivity contribution < 1.29 is 9.90 Å². The van der Waals surface area contributed by atoms with Gasteiger partial charge < -0.3 is 5.11 Å². The normalized spacial score (nSPS) is 20.5. The van der Waals surface area contributed by atoms with E-state index in [9.17, 15) is 9.90 Å². The van der Waals surface area contributed by atoms with Gasteiger partial charge >= 0.3 is 0 Å². The van der Waals surface area contributed by atoms with Crippen molar-refractivity contribution in [2.45, 2.75) is 12.5 Å². The molecule has 1 unspecified atom stereocenters. The number of β-amino-alcohol motifs (C(OH)–C–C–N with tert-alkyl or cyclic N) is 1. The Hall–Kier alpha value is -1.17. The first-order valence-corrected chi connectivity index (χ1v) is 6.37. The minimum absolute atomic E-state index is 0.0809. The number of rotatable bonds is 1. The van der Waals surface area contributed by atoms with Gasteiger partial charge in [0, 0.05) is 5.02 Å². The molecule has 88 valence electrons. The quantitative estimate of drug-likeness (QED) is 0.861. The average Bonchev–Trinajstić information content (AvgIpc) is 2.80. The second-order valence-corrected chi connectivity index (χ2v) is 5.42. The molecule has 3 rings (SSSR count). The van der Waals surface area contributed by atoms with Gasteiger partial charge in [-0.2, -0.15) is 0 Å². The van der Waals surface area contributed by atoms with E-state index in [1.54, 1.807) is 12.1 Å². The molecule has 0 bridgehead atoms. The van der Waals surface area contributed by atoms with Crippen molar-refractivity contribution in [2.24, 2.45) is 0 Å². The summed E-state index contributed by atoms with van der Waals surface area (Å²) in [7, 11) is 0. The number of aromatic nitrogens is 1. The molecule has 1 atom stereocenters. The van der Waals surface area contributed by atoms with Crippen LogP contribution in [-0.4, -0.2) is 28.6 Å². The monoisotopic (exact) mass is 268 g/mol. The Bertz CT molecular complexity index is 598. The summed E-state index contributed by atoms with van der Waals surface area (Å²) in [5.41, 5.74) is 0.784. The highest BCUT2D eigenvalue weighted by molar-refractivity contribution is 7.22. The summed E-state index contributed by atoms with van der Waals surface area (Å²) in [4.78, 5) is 17.5. The van der Waals surface area contributed by atoms with Crippen LogP contribution in [0.1, 0.15) is 6.42 Å². The number of hydrogen-bond acceptors (Lipinski definition) is 4. The summed E-state index contributed by atoms with van der Waals surface area (Å²) >= 11 is 7.32. The molecular formula is C11H9ClN2O2S. The van der Waals surface area contributed by atoms with Gasteiger partial charge in [-0.15, -0.1) is 0 Å². The molecule has 4 nitrogen and oxygen atoms in total. The van der Waals surface area contributed by atoms with E-state index in [4.69, 9.17) is 11.6 Å². The van der Waals surface area contributed by atoms with Crippen LogP contribution in [0.25, 0.3) is 10.2 Å². The number of aliphatic hydroxyl groups excluding tert-OH is 1. The first-order valence-electron chi connectivity index (χ1n) is 5.18. The van der Waals surface area contributed by atoms with Crippen molar-refractivity contribution in [3.05, 3.63) is 23.2 Å². The molecule has 1 saturated heterocycles. The average molecular weight is 269 g/mol. The fraction of sp³-hybridized carbons (Fsp3) is 0.273. The molecule has 1 N–H and O–H groups in total. The number of anilines is 1. The van der Waals surface area contributed by atoms with Crippen molar-refractivity contribution in [1.29, 1.82) is 0 Å². The van der Waals surface area contributed by atoms with Crippen LogP contribution < -0.4 is 4.90 Å². The lowest BCUT2D eigenvalue weighted by atomic mass is 10.3. The van der Waals surface area contributed by atoms with Gasteiger partial charge in [0.05, 0.1) is 29.3 Å². The fourth-order valence-corrected chi connectivity index (χ4v) is 3.02. The number of benzene rings is 1. The van der Waals surface area contributed by atoms with Crippen LogP contribution in [0.5, 0.6) is 0 Å². The molecule has 6 heteroatoms. The molecular weight excluding hydrogens is 260 g/mol. The number of aliphatic hydroxyl groups is 1. The summed E-state index contributed by atoms with van der Waals surface area (Å²) < 4.78 is 0.985. The lowest BCUT2D eigenvalue weighted by Gasteiger charge is -2.10. The van der Waals surface area contributed by atoms with E-state index in [1.165, 1.54) is 16.2 Å². The Kier molecular flexibility index (Phi) is 2.54. The molecule has 1 amide bonds. The van der Waals surface area contributed by atoms with E-state index in [2.05, 4.69) is 4.98 Å². The molecule has 0 aliphatic carbocycles. The van der Waals surface area contributed by atoms with Crippen LogP contribution in [0.15, 0.2) is 18.2 Å². The molecule has 0 spiro atoms. The molecule has 0 radical (unpaired) electrons. The minimum atomic E-state index is -0.585. The minimum Gasteiger partial charge on any atom is -0.391 e. The van der Waals surface area contributed by atoms with Crippen LogP contribution in [0, 0.1) is 0 Å². The SMILES string of the molecule is O=C1CC(O)CN1c1nc2cc(Cl)ccc2s1. The summed E-state index contributed by atoms with van der Waals surface area (Å²) in [6.45, 7) is 0.326. The smallest absolute Gasteiger partial charge is 0.231 e. The highest BCUT2D eigenvalue weighted by Crippen LogP contribution is 2.32. The summed E-state index contributed by atoms with van der Waals surface area (Å²) in [5.74, 6) is -0.0809. The molecule has 1 fully saturated rings. The van der Waals surface area contributed by atoms with E-state index in [0.717, 1.165) is 10.2 Å². The van der Waals surface area contributed by atoms with E-state index in [0.29, 0.717) is 16.7 Å². The zero-order chi connectivity index (χ0) is 12.0. The predicted molar refractivity (Wildman–Crippen MR) is 67.6 cm³/mol. The third kappa shape index (κ3) is 1.90. The molecule has 1 aliphatic heterocycles. The maximum Gasteiger partial charge on any atom is 0.231 e. The highest BCUT2D eigenvalue weighted by atomic mass is 35.5. The van der Waals surface area contributed by atoms with E-state index in [-0.39, 0.29) is 12.3 Å². The Morgan fingerprint density at radius 2 is 2.35 bits per heavy atom. The van der Waals surface area contributed by atoms with E-state index >= 15 is 0 Å². The Morgan fingerprint density at radius 1 is 1.53 bits per heavy atom. The number of thiazole rings is 1. The van der Waals surface area contributed by atoms with Gasteiger partial charge in [-0.25, -0.2) is 4.98 Å². The van der Waals surface area contributed by atoms with Crippen molar-refractivity contribution in [2.75, 3.05) is 11.4 Å². The van der Waals surface area contributed by atoms with Gasteiger partial charge in [0.2, 0.25) is 5.91 Å². The second kappa shape index (κ2) is 3.94. The number of amides is 1. The Morgan fingerprint density at radius 3 is 3.06 bits per heavy atom. The number of hydrogen-bond donors (Lipinski definition) is 1. The number of carbonyl (C=O) groups is 1. The largest absolute Gasteiger partial charge is 0.391 e. The number of halogens is 1. The maximum absolute atomic E-state index is 11.6. The molecule has 17 heavy (non-hydrogen) atoms. The summed E-state index contributed by atoms with van der Waals surface area (Å²) in [6.07, 6.45) is -0.408. The van der Waals surface area contributed by atoms with Gasteiger partial charge in [-0.3, -0.25) is 9.69 Å². The van der Waals surface area contributed by atoms with E-state index in [1.807, 2.05) is 6.07 Å². The first kappa shape index (κ1) is 11.0. The van der Waals surface area contributed by atoms with Gasteiger partial charge in [0.1, 0.15) is 0 Å². The molecule has 1 aromatic carbocycles. The zero-order valence-electron chi connectivity index (χ0n) is 8.76. The van der Waals surface area contributed by atoms with Crippen LogP contribution in [0.2, 0.25) is 5.02 Å². The van der Waals surface area contributed by atoms with Gasteiger partial charge in [0.25, 0.3) is 0 Å². The topological polar surface area (TPSA) is 53.4 Å². The number of carbonyl (C=O) groups excluding carboxylic acids is 1.